The number of fused-ring (bicyclic) bond motifs is 3. The Balaban J connectivity index is 1.36. The van der Waals surface area contributed by atoms with E-state index in [0.717, 1.165) is 47.5 Å². The van der Waals surface area contributed by atoms with Crippen LogP contribution < -0.4 is 0 Å². The van der Waals surface area contributed by atoms with Crippen molar-refractivity contribution in [2.24, 2.45) is 4.99 Å². The maximum Gasteiger partial charge on any atom is 0.163 e. The molecule has 9 heteroatoms. The van der Waals surface area contributed by atoms with Crippen LogP contribution in [-0.4, -0.2) is 95.1 Å². The van der Waals surface area contributed by atoms with Crippen LogP contribution in [0.2, 0.25) is 5.02 Å². The normalized spacial score (nSPS) is 18.6. The van der Waals surface area contributed by atoms with Crippen LogP contribution in [0.1, 0.15) is 52.1 Å². The molecule has 0 aliphatic carbocycles. The van der Waals surface area contributed by atoms with Gasteiger partial charge in [0.25, 0.3) is 0 Å². The van der Waals surface area contributed by atoms with Gasteiger partial charge in [-0.3, -0.25) is 9.56 Å². The van der Waals surface area contributed by atoms with Crippen LogP contribution in [0.5, 0.6) is 0 Å². The number of nitrogens with zero attached hydrogens (tertiary/aromatic N) is 7. The van der Waals surface area contributed by atoms with Crippen LogP contribution >= 0.6 is 22.9 Å². The zero-order chi connectivity index (χ0) is 26.1. The molecule has 1 atom stereocenters. The van der Waals surface area contributed by atoms with E-state index in [-0.39, 0.29) is 6.04 Å². The van der Waals surface area contributed by atoms with Gasteiger partial charge in [-0.2, -0.15) is 0 Å². The Labute approximate surface area is 229 Å². The molecular formula is C28H38ClN7S. The molecule has 5 rings (SSSR count). The van der Waals surface area contributed by atoms with Gasteiger partial charge in [0.1, 0.15) is 16.9 Å². The van der Waals surface area contributed by atoms with E-state index in [9.17, 15) is 0 Å². The van der Waals surface area contributed by atoms with E-state index in [1.165, 1.54) is 60.1 Å². The van der Waals surface area contributed by atoms with Gasteiger partial charge in [0.2, 0.25) is 0 Å². The molecule has 1 fully saturated rings. The van der Waals surface area contributed by atoms with Crippen LogP contribution in [0.15, 0.2) is 29.3 Å². The van der Waals surface area contributed by atoms with Gasteiger partial charge in [0, 0.05) is 53.8 Å². The third-order valence-electron chi connectivity index (χ3n) is 7.75. The molecule has 0 spiro atoms. The van der Waals surface area contributed by atoms with Crippen molar-refractivity contribution in [2.75, 3.05) is 59.9 Å². The van der Waals surface area contributed by atoms with E-state index in [2.05, 4.69) is 69.5 Å². The van der Waals surface area contributed by atoms with E-state index in [4.69, 9.17) is 16.6 Å². The first-order valence-corrected chi connectivity index (χ1v) is 14.5. The number of aryl methyl sites for hydroxylation is 2. The number of halogens is 1. The lowest BCUT2D eigenvalue weighted by atomic mass is 9.99. The van der Waals surface area contributed by atoms with Crippen molar-refractivity contribution >= 4 is 28.6 Å². The highest BCUT2D eigenvalue weighted by Crippen LogP contribution is 2.39. The van der Waals surface area contributed by atoms with Crippen molar-refractivity contribution < 1.29 is 0 Å². The lowest BCUT2D eigenvalue weighted by Crippen LogP contribution is -2.45. The van der Waals surface area contributed by atoms with Gasteiger partial charge in [-0.25, -0.2) is 0 Å². The Morgan fingerprint density at radius 1 is 1.03 bits per heavy atom. The third kappa shape index (κ3) is 5.68. The highest BCUT2D eigenvalue weighted by Gasteiger charge is 2.31. The molecule has 0 radical (unpaired) electrons. The number of aliphatic imine (C=N–C) groups is 1. The fourth-order valence-electron chi connectivity index (χ4n) is 5.28. The monoisotopic (exact) mass is 539 g/mol. The number of likely N-dealkylation sites (N-methyl/N-ethyl adjacent to an activating group) is 1. The van der Waals surface area contributed by atoms with Crippen molar-refractivity contribution in [2.45, 2.75) is 39.7 Å². The number of piperazine rings is 1. The highest BCUT2D eigenvalue weighted by atomic mass is 35.5. The van der Waals surface area contributed by atoms with Crippen LogP contribution in [0.3, 0.4) is 0 Å². The van der Waals surface area contributed by atoms with E-state index in [1.807, 2.05) is 19.1 Å². The summed E-state index contributed by atoms with van der Waals surface area (Å²) in [6.45, 7) is 14.4. The second-order valence-electron chi connectivity index (χ2n) is 10.5. The average molecular weight is 540 g/mol. The molecule has 2 aliphatic rings. The maximum atomic E-state index is 6.23. The number of aromatic nitrogens is 3. The quantitative estimate of drug-likeness (QED) is 0.413. The molecule has 1 saturated heterocycles. The molecule has 37 heavy (non-hydrogen) atoms. The molecular weight excluding hydrogens is 502 g/mol. The average Bonchev–Trinajstić information content (AvgIpc) is 3.35. The number of hydrogen-bond acceptors (Lipinski definition) is 7. The first-order valence-electron chi connectivity index (χ1n) is 13.3. The Hall–Kier alpha value is -2.10. The van der Waals surface area contributed by atoms with Gasteiger partial charge in [-0.05, 0) is 78.5 Å². The molecule has 1 aromatic carbocycles. The van der Waals surface area contributed by atoms with Crippen LogP contribution in [0.4, 0.5) is 0 Å². The van der Waals surface area contributed by atoms with Gasteiger partial charge in [0.05, 0.1) is 5.71 Å². The predicted octanol–water partition coefficient (Wildman–Crippen LogP) is 4.76. The summed E-state index contributed by atoms with van der Waals surface area (Å²) in [5, 5.41) is 11.0. The summed E-state index contributed by atoms with van der Waals surface area (Å²) in [4.78, 5) is 14.1. The molecule has 0 N–H and O–H groups in total. The summed E-state index contributed by atoms with van der Waals surface area (Å²) in [7, 11) is 4.44. The molecule has 3 aromatic rings. The fraction of sp³-hybridized carbons (Fsp3) is 0.536. The lowest BCUT2D eigenvalue weighted by molar-refractivity contribution is 0.148. The van der Waals surface area contributed by atoms with Crippen LogP contribution in [-0.2, 0) is 0 Å². The smallest absolute Gasteiger partial charge is 0.163 e. The zero-order valence-corrected chi connectivity index (χ0v) is 24.2. The SMILES string of the molecule is Cc1sc2c(c1C)C(c1ccc(Cl)cc1)=N[C@@H](CCN(C)CCCN1CCN(C)CC1)c1nnc(C)n1-2. The van der Waals surface area contributed by atoms with Gasteiger partial charge in [-0.15, -0.1) is 21.5 Å². The van der Waals surface area contributed by atoms with Crippen LogP contribution in [0.25, 0.3) is 5.00 Å². The highest BCUT2D eigenvalue weighted by molar-refractivity contribution is 7.15. The van der Waals surface area contributed by atoms with Crippen molar-refractivity contribution in [3.8, 4) is 5.00 Å². The molecule has 2 aromatic heterocycles. The van der Waals surface area contributed by atoms with Crippen molar-refractivity contribution in [1.29, 1.82) is 0 Å². The van der Waals surface area contributed by atoms with Gasteiger partial charge >= 0.3 is 0 Å². The van der Waals surface area contributed by atoms with Crippen molar-refractivity contribution in [3.63, 3.8) is 0 Å². The Kier molecular flexibility index (Phi) is 8.12. The second kappa shape index (κ2) is 11.3. The van der Waals surface area contributed by atoms with E-state index in [0.29, 0.717) is 0 Å². The number of hydrogen-bond donors (Lipinski definition) is 0. The van der Waals surface area contributed by atoms with Gasteiger partial charge in [-0.1, -0.05) is 23.7 Å². The molecule has 7 nitrogen and oxygen atoms in total. The number of benzene rings is 1. The number of rotatable bonds is 8. The summed E-state index contributed by atoms with van der Waals surface area (Å²) in [6.07, 6.45) is 2.09. The van der Waals surface area contributed by atoms with Crippen LogP contribution in [0, 0.1) is 20.8 Å². The van der Waals surface area contributed by atoms with Crippen molar-refractivity contribution in [1.82, 2.24) is 29.5 Å². The summed E-state index contributed by atoms with van der Waals surface area (Å²) >= 11 is 8.04. The standard InChI is InChI=1S/C28H38ClN7S/c1-19-20(2)37-28-25(19)26(22-7-9-23(29)10-8-22)30-24(27-32-31-21(3)36(27)28)11-14-33(4)12-6-13-35-17-15-34(5)16-18-35/h7-10,24H,6,11-18H2,1-5H3/t24-/m0/s1. The minimum atomic E-state index is -0.0636. The molecule has 0 bridgehead atoms. The summed E-state index contributed by atoms with van der Waals surface area (Å²) < 4.78 is 2.24. The third-order valence-corrected chi connectivity index (χ3v) is 9.20. The van der Waals surface area contributed by atoms with E-state index < -0.39 is 0 Å². The Bertz CT molecular complexity index is 1250. The topological polar surface area (TPSA) is 52.8 Å². The minimum Gasteiger partial charge on any atom is -0.306 e. The second-order valence-corrected chi connectivity index (χ2v) is 12.1. The number of thiophene rings is 1. The maximum absolute atomic E-state index is 6.23. The van der Waals surface area contributed by atoms with Gasteiger partial charge in [0.15, 0.2) is 5.82 Å². The molecule has 2 aliphatic heterocycles. The summed E-state index contributed by atoms with van der Waals surface area (Å²) in [5.41, 5.74) is 4.58. The Morgan fingerprint density at radius 3 is 2.49 bits per heavy atom. The van der Waals surface area contributed by atoms with E-state index in [1.54, 1.807) is 11.3 Å². The molecule has 198 valence electrons. The minimum absolute atomic E-state index is 0.0636. The first-order chi connectivity index (χ1) is 17.8. The van der Waals surface area contributed by atoms with Gasteiger partial charge < -0.3 is 14.7 Å². The Morgan fingerprint density at radius 2 is 1.76 bits per heavy atom. The van der Waals surface area contributed by atoms with E-state index >= 15 is 0 Å². The largest absolute Gasteiger partial charge is 0.306 e. The molecule has 0 unspecified atom stereocenters. The predicted molar refractivity (Wildman–Crippen MR) is 154 cm³/mol. The fourth-order valence-corrected chi connectivity index (χ4v) is 6.62. The molecule has 0 saturated carbocycles. The first kappa shape index (κ1) is 26.5. The molecule has 4 heterocycles. The summed E-state index contributed by atoms with van der Waals surface area (Å²) in [5.74, 6) is 1.85. The summed E-state index contributed by atoms with van der Waals surface area (Å²) in [6, 6.07) is 8.00. The zero-order valence-electron chi connectivity index (χ0n) is 22.7. The lowest BCUT2D eigenvalue weighted by Gasteiger charge is -2.32. The van der Waals surface area contributed by atoms with Crippen molar-refractivity contribution in [3.05, 3.63) is 62.5 Å². The molecule has 0 amide bonds.